The molecule has 2 aromatic rings. The van der Waals surface area contributed by atoms with Gasteiger partial charge in [-0.05, 0) is 24.3 Å². The smallest absolute Gasteiger partial charge is 0.407 e. The first-order valence-electron chi connectivity index (χ1n) is 6.78. The molecule has 22 heavy (non-hydrogen) atoms. The van der Waals surface area contributed by atoms with Crippen LogP contribution in [0.4, 0.5) is 4.79 Å². The second-order valence-corrected chi connectivity index (χ2v) is 5.80. The monoisotopic (exact) mass is 320 g/mol. The lowest BCUT2D eigenvalue weighted by Gasteiger charge is -2.07. The molecule has 0 unspecified atom stereocenters. The standard InChI is InChI=1S/C14H16N4O3S/c1-18-12(9-3-5-10(20-2)6-4-9)16-17-13(18)22-8-11-7-15-14(19)21-11/h3-6,11H,7-8H2,1-2H3,(H,15,19)/t11-/m0/s1. The van der Waals surface area contributed by atoms with Gasteiger partial charge in [-0.2, -0.15) is 0 Å². The van der Waals surface area contributed by atoms with Gasteiger partial charge in [-0.25, -0.2) is 4.79 Å². The summed E-state index contributed by atoms with van der Waals surface area (Å²) in [6, 6.07) is 7.67. The Balaban J connectivity index is 1.69. The minimum Gasteiger partial charge on any atom is -0.497 e. The lowest BCUT2D eigenvalue weighted by molar-refractivity contribution is 0.150. The number of methoxy groups -OCH3 is 1. The fraction of sp³-hybridized carbons (Fsp3) is 0.357. The second kappa shape index (κ2) is 6.27. The summed E-state index contributed by atoms with van der Waals surface area (Å²) in [5.41, 5.74) is 0.969. The molecule has 7 nitrogen and oxygen atoms in total. The molecule has 1 fully saturated rings. The van der Waals surface area contributed by atoms with E-state index in [0.717, 1.165) is 22.3 Å². The van der Waals surface area contributed by atoms with Crippen LogP contribution < -0.4 is 10.1 Å². The van der Waals surface area contributed by atoms with Crippen LogP contribution >= 0.6 is 11.8 Å². The average Bonchev–Trinajstić information content (AvgIpc) is 3.11. The van der Waals surface area contributed by atoms with Crippen molar-refractivity contribution >= 4 is 17.9 Å². The van der Waals surface area contributed by atoms with E-state index in [2.05, 4.69) is 15.5 Å². The number of nitrogens with zero attached hydrogens (tertiary/aromatic N) is 3. The van der Waals surface area contributed by atoms with Crippen molar-refractivity contribution < 1.29 is 14.3 Å². The lowest BCUT2D eigenvalue weighted by atomic mass is 10.2. The van der Waals surface area contributed by atoms with Crippen molar-refractivity contribution in [1.82, 2.24) is 20.1 Å². The number of nitrogens with one attached hydrogen (secondary N) is 1. The Morgan fingerprint density at radius 1 is 1.41 bits per heavy atom. The molecule has 8 heteroatoms. The first-order chi connectivity index (χ1) is 10.7. The molecule has 1 saturated heterocycles. The van der Waals surface area contributed by atoms with E-state index < -0.39 is 0 Å². The Labute approximate surface area is 132 Å². The molecule has 1 aliphatic heterocycles. The first-order valence-corrected chi connectivity index (χ1v) is 7.77. The maximum atomic E-state index is 11.0. The number of ether oxygens (including phenoxy) is 2. The van der Waals surface area contributed by atoms with E-state index >= 15 is 0 Å². The lowest BCUT2D eigenvalue weighted by Crippen LogP contribution is -2.17. The number of amides is 1. The topological polar surface area (TPSA) is 78.3 Å². The summed E-state index contributed by atoms with van der Waals surface area (Å²) in [7, 11) is 3.55. The van der Waals surface area contributed by atoms with Gasteiger partial charge >= 0.3 is 6.09 Å². The number of alkyl carbamates (subject to hydrolysis) is 1. The van der Waals surface area contributed by atoms with Crippen molar-refractivity contribution in [1.29, 1.82) is 0 Å². The van der Waals surface area contributed by atoms with Gasteiger partial charge in [0.15, 0.2) is 11.0 Å². The van der Waals surface area contributed by atoms with Gasteiger partial charge in [-0.1, -0.05) is 11.8 Å². The molecule has 3 rings (SSSR count). The fourth-order valence-electron chi connectivity index (χ4n) is 2.12. The summed E-state index contributed by atoms with van der Waals surface area (Å²) in [6.45, 7) is 0.537. The molecule has 2 heterocycles. The van der Waals surface area contributed by atoms with Crippen molar-refractivity contribution in [2.24, 2.45) is 7.05 Å². The van der Waals surface area contributed by atoms with Gasteiger partial charge in [-0.3, -0.25) is 0 Å². The van der Waals surface area contributed by atoms with Crippen molar-refractivity contribution in [2.45, 2.75) is 11.3 Å². The largest absolute Gasteiger partial charge is 0.497 e. The van der Waals surface area contributed by atoms with E-state index in [1.54, 1.807) is 7.11 Å². The maximum absolute atomic E-state index is 11.0. The van der Waals surface area contributed by atoms with Gasteiger partial charge in [0.1, 0.15) is 11.9 Å². The van der Waals surface area contributed by atoms with E-state index in [4.69, 9.17) is 9.47 Å². The number of cyclic esters (lactones) is 1. The van der Waals surface area contributed by atoms with Crippen LogP contribution in [0, 0.1) is 0 Å². The van der Waals surface area contributed by atoms with Crippen LogP contribution in [0.1, 0.15) is 0 Å². The zero-order valence-corrected chi connectivity index (χ0v) is 13.1. The summed E-state index contributed by atoms with van der Waals surface area (Å²) in [5.74, 6) is 2.23. The molecule has 1 amide bonds. The molecule has 0 saturated carbocycles. The second-order valence-electron chi connectivity index (χ2n) is 4.81. The van der Waals surface area contributed by atoms with E-state index in [1.807, 2.05) is 35.9 Å². The minimum atomic E-state index is -0.359. The van der Waals surface area contributed by atoms with Gasteiger partial charge in [0, 0.05) is 18.4 Å². The van der Waals surface area contributed by atoms with Crippen molar-refractivity contribution in [2.75, 3.05) is 19.4 Å². The quantitative estimate of drug-likeness (QED) is 0.845. The molecule has 0 aliphatic carbocycles. The van der Waals surface area contributed by atoms with Crippen LogP contribution in [0.5, 0.6) is 5.75 Å². The number of carbonyl (C=O) groups is 1. The highest BCUT2D eigenvalue weighted by Crippen LogP contribution is 2.25. The Hall–Kier alpha value is -2.22. The Kier molecular flexibility index (Phi) is 4.19. The molecule has 116 valence electrons. The van der Waals surface area contributed by atoms with Crippen LogP contribution in [0.3, 0.4) is 0 Å². The number of thioether (sulfide) groups is 1. The average molecular weight is 320 g/mol. The molecular formula is C14H16N4O3S. The predicted octanol–water partition coefficient (Wildman–Crippen LogP) is 1.69. The highest BCUT2D eigenvalue weighted by molar-refractivity contribution is 7.99. The Morgan fingerprint density at radius 3 is 2.82 bits per heavy atom. The molecule has 0 bridgehead atoms. The Morgan fingerprint density at radius 2 is 2.18 bits per heavy atom. The van der Waals surface area contributed by atoms with Gasteiger partial charge in [0.25, 0.3) is 0 Å². The van der Waals surface area contributed by atoms with Gasteiger partial charge in [-0.15, -0.1) is 10.2 Å². The molecule has 1 aliphatic rings. The third-order valence-corrected chi connectivity index (χ3v) is 4.48. The van der Waals surface area contributed by atoms with E-state index in [0.29, 0.717) is 12.3 Å². The van der Waals surface area contributed by atoms with Crippen LogP contribution in [0.15, 0.2) is 29.4 Å². The van der Waals surface area contributed by atoms with Crippen molar-refractivity contribution in [3.8, 4) is 17.1 Å². The molecule has 0 radical (unpaired) electrons. The SMILES string of the molecule is COc1ccc(-c2nnc(SC[C@@H]3CNC(=O)O3)n2C)cc1. The summed E-state index contributed by atoms with van der Waals surface area (Å²) < 4.78 is 12.2. The number of hydrogen-bond donors (Lipinski definition) is 1. The van der Waals surface area contributed by atoms with E-state index in [-0.39, 0.29) is 12.2 Å². The summed E-state index contributed by atoms with van der Waals surface area (Å²) in [5, 5.41) is 11.8. The summed E-state index contributed by atoms with van der Waals surface area (Å²) in [6.07, 6.45) is -0.485. The highest BCUT2D eigenvalue weighted by Gasteiger charge is 2.23. The number of carbonyl (C=O) groups excluding carboxylic acids is 1. The molecule has 1 aromatic heterocycles. The summed E-state index contributed by atoms with van der Waals surface area (Å²) in [4.78, 5) is 11.0. The third kappa shape index (κ3) is 3.01. The zero-order chi connectivity index (χ0) is 15.5. The van der Waals surface area contributed by atoms with E-state index in [1.165, 1.54) is 11.8 Å². The maximum Gasteiger partial charge on any atom is 0.407 e. The highest BCUT2D eigenvalue weighted by atomic mass is 32.2. The minimum absolute atomic E-state index is 0.126. The third-order valence-electron chi connectivity index (χ3n) is 3.33. The molecule has 1 N–H and O–H groups in total. The predicted molar refractivity (Wildman–Crippen MR) is 82.0 cm³/mol. The van der Waals surface area contributed by atoms with Gasteiger partial charge < -0.3 is 19.4 Å². The molecule has 0 spiro atoms. The molecule has 1 atom stereocenters. The summed E-state index contributed by atoms with van der Waals surface area (Å²) >= 11 is 1.52. The van der Waals surface area contributed by atoms with E-state index in [9.17, 15) is 4.79 Å². The zero-order valence-electron chi connectivity index (χ0n) is 12.3. The number of hydrogen-bond acceptors (Lipinski definition) is 6. The molecule has 1 aromatic carbocycles. The number of aromatic nitrogens is 3. The number of benzene rings is 1. The first kappa shape index (κ1) is 14.7. The van der Waals surface area contributed by atoms with Crippen LogP contribution in [-0.2, 0) is 11.8 Å². The van der Waals surface area contributed by atoms with Crippen LogP contribution in [0.25, 0.3) is 11.4 Å². The normalized spacial score (nSPS) is 17.2. The van der Waals surface area contributed by atoms with Crippen LogP contribution in [-0.4, -0.2) is 46.4 Å². The van der Waals surface area contributed by atoms with Gasteiger partial charge in [0.2, 0.25) is 0 Å². The van der Waals surface area contributed by atoms with Crippen LogP contribution in [0.2, 0.25) is 0 Å². The van der Waals surface area contributed by atoms with Crippen molar-refractivity contribution in [3.63, 3.8) is 0 Å². The molecular weight excluding hydrogens is 304 g/mol. The van der Waals surface area contributed by atoms with Gasteiger partial charge in [0.05, 0.1) is 13.7 Å². The Bertz CT molecular complexity index is 671. The number of rotatable bonds is 5. The fourth-order valence-corrected chi connectivity index (χ4v) is 3.02. The van der Waals surface area contributed by atoms with Crippen molar-refractivity contribution in [3.05, 3.63) is 24.3 Å².